The summed E-state index contributed by atoms with van der Waals surface area (Å²) in [6, 6.07) is 2.93. The molecule has 0 saturated carbocycles. The highest BCUT2D eigenvalue weighted by Crippen LogP contribution is 2.30. The molecule has 0 aromatic carbocycles. The number of likely N-dealkylation sites (N-methyl/N-ethyl adjacent to an activating group) is 1. The first-order chi connectivity index (χ1) is 9.56. The van der Waals surface area contributed by atoms with Gasteiger partial charge in [0.2, 0.25) is 0 Å². The molecule has 1 aliphatic heterocycles. The van der Waals surface area contributed by atoms with Crippen molar-refractivity contribution in [3.63, 3.8) is 0 Å². The number of nitrogens with zero attached hydrogens (tertiary/aromatic N) is 3. The number of methoxy groups -OCH3 is 2. The topological polar surface area (TPSA) is 37.8 Å². The third-order valence-corrected chi connectivity index (χ3v) is 4.17. The Morgan fingerprint density at radius 1 is 1.20 bits per heavy atom. The second-order valence-electron chi connectivity index (χ2n) is 5.55. The van der Waals surface area contributed by atoms with E-state index in [-0.39, 0.29) is 0 Å². The Bertz CT molecular complexity index is 441. The standard InChI is InChI=1S/C15H25N3O2/c1-11-8-18(9-12(2)17(11)3)10-13-15(20-5)14(19-4)6-7-16-13/h6-7,11-12H,8-10H2,1-5H3/t11-,12+. The second kappa shape index (κ2) is 6.41. The molecule has 0 N–H and O–H groups in total. The van der Waals surface area contributed by atoms with Gasteiger partial charge >= 0.3 is 0 Å². The van der Waals surface area contributed by atoms with E-state index in [1.165, 1.54) is 0 Å². The van der Waals surface area contributed by atoms with Crippen molar-refractivity contribution in [3.8, 4) is 11.5 Å². The first-order valence-electron chi connectivity index (χ1n) is 7.07. The smallest absolute Gasteiger partial charge is 0.183 e. The molecular weight excluding hydrogens is 254 g/mol. The molecule has 5 heteroatoms. The van der Waals surface area contributed by atoms with Gasteiger partial charge in [0.05, 0.1) is 14.2 Å². The molecule has 0 aliphatic carbocycles. The Balaban J connectivity index is 2.14. The number of pyridine rings is 1. The van der Waals surface area contributed by atoms with Crippen LogP contribution in [-0.4, -0.2) is 61.2 Å². The third-order valence-electron chi connectivity index (χ3n) is 4.17. The van der Waals surface area contributed by atoms with Crippen LogP contribution in [0.3, 0.4) is 0 Å². The average Bonchev–Trinajstić information content (AvgIpc) is 2.44. The zero-order valence-electron chi connectivity index (χ0n) is 13.1. The van der Waals surface area contributed by atoms with Crippen molar-refractivity contribution in [2.75, 3.05) is 34.4 Å². The maximum absolute atomic E-state index is 5.46. The van der Waals surface area contributed by atoms with Crippen LogP contribution in [-0.2, 0) is 6.54 Å². The fraction of sp³-hybridized carbons (Fsp3) is 0.667. The van der Waals surface area contributed by atoms with Gasteiger partial charge < -0.3 is 9.47 Å². The normalized spacial score (nSPS) is 24.6. The maximum Gasteiger partial charge on any atom is 0.183 e. The molecule has 0 bridgehead atoms. The lowest BCUT2D eigenvalue weighted by molar-refractivity contribution is 0.0544. The molecule has 1 saturated heterocycles. The van der Waals surface area contributed by atoms with Crippen molar-refractivity contribution in [3.05, 3.63) is 18.0 Å². The third kappa shape index (κ3) is 3.04. The lowest BCUT2D eigenvalue weighted by atomic mass is 10.1. The van der Waals surface area contributed by atoms with E-state index in [9.17, 15) is 0 Å². The van der Waals surface area contributed by atoms with Gasteiger partial charge in [0.1, 0.15) is 5.69 Å². The molecule has 2 heterocycles. The molecule has 0 spiro atoms. The van der Waals surface area contributed by atoms with E-state index in [0.29, 0.717) is 12.1 Å². The summed E-state index contributed by atoms with van der Waals surface area (Å²) in [5, 5.41) is 0. The highest BCUT2D eigenvalue weighted by atomic mass is 16.5. The fourth-order valence-corrected chi connectivity index (χ4v) is 2.82. The van der Waals surface area contributed by atoms with Gasteiger partial charge in [-0.25, -0.2) is 0 Å². The minimum absolute atomic E-state index is 0.551. The van der Waals surface area contributed by atoms with Gasteiger partial charge in [0, 0.05) is 44.0 Å². The number of rotatable bonds is 4. The van der Waals surface area contributed by atoms with Crippen molar-refractivity contribution in [2.45, 2.75) is 32.5 Å². The van der Waals surface area contributed by atoms with Crippen molar-refractivity contribution < 1.29 is 9.47 Å². The SMILES string of the molecule is COc1ccnc(CN2C[C@@H](C)N(C)[C@@H](C)C2)c1OC. The summed E-state index contributed by atoms with van der Waals surface area (Å²) >= 11 is 0. The van der Waals surface area contributed by atoms with Crippen LogP contribution in [0.25, 0.3) is 0 Å². The van der Waals surface area contributed by atoms with Crippen LogP contribution >= 0.6 is 0 Å². The summed E-state index contributed by atoms with van der Waals surface area (Å²) < 4.78 is 10.8. The zero-order valence-corrected chi connectivity index (χ0v) is 13.1. The summed E-state index contributed by atoms with van der Waals surface area (Å²) in [5.74, 6) is 1.49. The van der Waals surface area contributed by atoms with Crippen LogP contribution in [0.15, 0.2) is 12.3 Å². The Morgan fingerprint density at radius 3 is 2.40 bits per heavy atom. The zero-order chi connectivity index (χ0) is 14.7. The van der Waals surface area contributed by atoms with Gasteiger partial charge in [-0.05, 0) is 20.9 Å². The van der Waals surface area contributed by atoms with E-state index in [0.717, 1.165) is 36.8 Å². The van der Waals surface area contributed by atoms with Crippen LogP contribution < -0.4 is 9.47 Å². The van der Waals surface area contributed by atoms with Gasteiger partial charge in [-0.15, -0.1) is 0 Å². The number of piperazine rings is 1. The van der Waals surface area contributed by atoms with E-state index in [2.05, 4.69) is 35.7 Å². The summed E-state index contributed by atoms with van der Waals surface area (Å²) in [5.41, 5.74) is 0.941. The summed E-state index contributed by atoms with van der Waals surface area (Å²) in [7, 11) is 5.51. The molecular formula is C15H25N3O2. The lowest BCUT2D eigenvalue weighted by Crippen LogP contribution is -2.54. The number of ether oxygens (including phenoxy) is 2. The molecule has 112 valence electrons. The largest absolute Gasteiger partial charge is 0.493 e. The van der Waals surface area contributed by atoms with E-state index in [1.807, 2.05) is 6.07 Å². The summed E-state index contributed by atoms with van der Waals surface area (Å²) in [6.45, 7) is 7.41. The highest BCUT2D eigenvalue weighted by Gasteiger charge is 2.27. The number of hydrogen-bond donors (Lipinski definition) is 0. The minimum atomic E-state index is 0.551. The van der Waals surface area contributed by atoms with Crippen molar-refractivity contribution in [1.29, 1.82) is 0 Å². The summed E-state index contributed by atoms with van der Waals surface area (Å²) in [6.07, 6.45) is 1.78. The Morgan fingerprint density at radius 2 is 1.85 bits per heavy atom. The quantitative estimate of drug-likeness (QED) is 0.837. The van der Waals surface area contributed by atoms with Crippen LogP contribution in [0.2, 0.25) is 0 Å². The maximum atomic E-state index is 5.46. The molecule has 1 fully saturated rings. The summed E-state index contributed by atoms with van der Waals surface area (Å²) in [4.78, 5) is 9.31. The number of aromatic nitrogens is 1. The Kier molecular flexibility index (Phi) is 4.83. The molecule has 0 amide bonds. The fourth-order valence-electron chi connectivity index (χ4n) is 2.82. The molecule has 20 heavy (non-hydrogen) atoms. The van der Waals surface area contributed by atoms with E-state index >= 15 is 0 Å². The van der Waals surface area contributed by atoms with E-state index in [4.69, 9.17) is 9.47 Å². The van der Waals surface area contributed by atoms with Crippen molar-refractivity contribution in [1.82, 2.24) is 14.8 Å². The Labute approximate surface area is 121 Å². The van der Waals surface area contributed by atoms with Crippen LogP contribution in [0, 0.1) is 0 Å². The molecule has 2 rings (SSSR count). The molecule has 2 atom stereocenters. The predicted octanol–water partition coefficient (Wildman–Crippen LogP) is 1.62. The second-order valence-corrected chi connectivity index (χ2v) is 5.55. The first-order valence-corrected chi connectivity index (χ1v) is 7.07. The van der Waals surface area contributed by atoms with Crippen molar-refractivity contribution >= 4 is 0 Å². The van der Waals surface area contributed by atoms with Gasteiger partial charge in [-0.3, -0.25) is 14.8 Å². The van der Waals surface area contributed by atoms with Gasteiger partial charge in [-0.2, -0.15) is 0 Å². The monoisotopic (exact) mass is 279 g/mol. The first kappa shape index (κ1) is 15.1. The molecule has 1 aromatic rings. The Hall–Kier alpha value is -1.33. The molecule has 1 aromatic heterocycles. The molecule has 0 unspecified atom stereocenters. The van der Waals surface area contributed by atoms with Crippen molar-refractivity contribution in [2.24, 2.45) is 0 Å². The molecule has 5 nitrogen and oxygen atoms in total. The molecule has 0 radical (unpaired) electrons. The van der Waals surface area contributed by atoms with E-state index in [1.54, 1.807) is 20.4 Å². The number of hydrogen-bond acceptors (Lipinski definition) is 5. The van der Waals surface area contributed by atoms with Crippen LogP contribution in [0.1, 0.15) is 19.5 Å². The van der Waals surface area contributed by atoms with Gasteiger partial charge in [0.15, 0.2) is 11.5 Å². The molecule has 1 aliphatic rings. The van der Waals surface area contributed by atoms with Gasteiger partial charge in [-0.1, -0.05) is 0 Å². The van der Waals surface area contributed by atoms with Gasteiger partial charge in [0.25, 0.3) is 0 Å². The van der Waals surface area contributed by atoms with Crippen LogP contribution in [0.4, 0.5) is 0 Å². The average molecular weight is 279 g/mol. The predicted molar refractivity (Wildman–Crippen MR) is 79.3 cm³/mol. The lowest BCUT2D eigenvalue weighted by Gasteiger charge is -2.42. The minimum Gasteiger partial charge on any atom is -0.493 e. The van der Waals surface area contributed by atoms with Crippen LogP contribution in [0.5, 0.6) is 11.5 Å². The van der Waals surface area contributed by atoms with E-state index < -0.39 is 0 Å². The highest BCUT2D eigenvalue weighted by molar-refractivity contribution is 5.42.